The highest BCUT2D eigenvalue weighted by Crippen LogP contribution is 2.23. The molecule has 0 saturated heterocycles. The first-order valence-corrected chi connectivity index (χ1v) is 7.23. The summed E-state index contributed by atoms with van der Waals surface area (Å²) in [4.78, 5) is 12.6. The molecule has 1 aromatic carbocycles. The fraction of sp³-hybridized carbons (Fsp3) is 0.333. The number of rotatable bonds is 5. The van der Waals surface area contributed by atoms with Crippen molar-refractivity contribution in [2.24, 2.45) is 0 Å². The van der Waals surface area contributed by atoms with Crippen LogP contribution >= 0.6 is 0 Å². The summed E-state index contributed by atoms with van der Waals surface area (Å²) in [5.41, 5.74) is 1.15. The summed E-state index contributed by atoms with van der Waals surface area (Å²) < 4.78 is 5.37. The Labute approximate surface area is 130 Å². The number of benzene rings is 1. The van der Waals surface area contributed by atoms with E-state index in [9.17, 15) is 4.79 Å². The van der Waals surface area contributed by atoms with E-state index >= 15 is 0 Å². The lowest BCUT2D eigenvalue weighted by molar-refractivity contribution is -0.123. The maximum atomic E-state index is 12.6. The minimum Gasteiger partial charge on any atom is -0.469 e. The predicted octanol–water partition coefficient (Wildman–Crippen LogP) is 3.33. The molecule has 0 saturated carbocycles. The van der Waals surface area contributed by atoms with Crippen molar-refractivity contribution in [3.8, 4) is 6.07 Å². The summed E-state index contributed by atoms with van der Waals surface area (Å²) >= 11 is 0. The standard InChI is InChI=1S/C18H20N2O2/c1-13-6-8-14(9-7-13)16(11-15-5-4-10-22-15)17(21)20-18(2,3)12-19/h4-10,16H,11H2,1-3H3,(H,20,21). The molecule has 0 aliphatic heterocycles. The molecular formula is C18H20N2O2. The molecule has 1 heterocycles. The van der Waals surface area contributed by atoms with Crippen LogP contribution in [0.1, 0.15) is 36.7 Å². The average Bonchev–Trinajstić information content (AvgIpc) is 2.98. The van der Waals surface area contributed by atoms with Crippen molar-refractivity contribution in [2.45, 2.75) is 38.6 Å². The van der Waals surface area contributed by atoms with Crippen molar-refractivity contribution < 1.29 is 9.21 Å². The average molecular weight is 296 g/mol. The van der Waals surface area contributed by atoms with Gasteiger partial charge in [-0.25, -0.2) is 0 Å². The van der Waals surface area contributed by atoms with Gasteiger partial charge in [0.25, 0.3) is 0 Å². The number of furan rings is 1. The van der Waals surface area contributed by atoms with Crippen LogP contribution in [-0.4, -0.2) is 11.4 Å². The van der Waals surface area contributed by atoms with Crippen LogP contribution in [0, 0.1) is 18.3 Å². The van der Waals surface area contributed by atoms with Gasteiger partial charge in [-0.3, -0.25) is 4.79 Å². The number of aryl methyl sites for hydroxylation is 1. The van der Waals surface area contributed by atoms with Gasteiger partial charge in [-0.1, -0.05) is 29.8 Å². The molecule has 0 aliphatic rings. The van der Waals surface area contributed by atoms with Gasteiger partial charge in [-0.2, -0.15) is 5.26 Å². The van der Waals surface area contributed by atoms with Crippen molar-refractivity contribution >= 4 is 5.91 Å². The summed E-state index contributed by atoms with van der Waals surface area (Å²) in [6, 6.07) is 13.6. The normalized spacial score (nSPS) is 12.5. The van der Waals surface area contributed by atoms with E-state index in [1.165, 1.54) is 0 Å². The molecule has 0 bridgehead atoms. The lowest BCUT2D eigenvalue weighted by Crippen LogP contribution is -2.44. The van der Waals surface area contributed by atoms with Crippen LogP contribution in [0.15, 0.2) is 47.1 Å². The number of nitrogens with one attached hydrogen (secondary N) is 1. The van der Waals surface area contributed by atoms with E-state index in [2.05, 4.69) is 11.4 Å². The summed E-state index contributed by atoms with van der Waals surface area (Å²) in [5.74, 6) is 0.182. The van der Waals surface area contributed by atoms with Crippen molar-refractivity contribution in [2.75, 3.05) is 0 Å². The third-order valence-electron chi connectivity index (χ3n) is 3.50. The Bertz CT molecular complexity index is 664. The first-order chi connectivity index (χ1) is 10.4. The van der Waals surface area contributed by atoms with Gasteiger partial charge in [0.05, 0.1) is 18.3 Å². The molecule has 0 aliphatic carbocycles. The largest absolute Gasteiger partial charge is 0.469 e. The van der Waals surface area contributed by atoms with E-state index in [0.717, 1.165) is 16.9 Å². The van der Waals surface area contributed by atoms with Gasteiger partial charge in [-0.15, -0.1) is 0 Å². The molecule has 4 nitrogen and oxygen atoms in total. The first-order valence-electron chi connectivity index (χ1n) is 7.23. The number of hydrogen-bond acceptors (Lipinski definition) is 3. The number of carbonyl (C=O) groups excluding carboxylic acids is 1. The molecule has 1 unspecified atom stereocenters. The number of hydrogen-bond donors (Lipinski definition) is 1. The Morgan fingerprint density at radius 3 is 2.55 bits per heavy atom. The fourth-order valence-electron chi connectivity index (χ4n) is 2.21. The lowest BCUT2D eigenvalue weighted by Gasteiger charge is -2.23. The molecule has 114 valence electrons. The van der Waals surface area contributed by atoms with Gasteiger partial charge in [0, 0.05) is 6.42 Å². The molecule has 22 heavy (non-hydrogen) atoms. The molecule has 2 rings (SSSR count). The number of amides is 1. The molecule has 2 aromatic rings. The van der Waals surface area contributed by atoms with Crippen LogP contribution < -0.4 is 5.32 Å². The van der Waals surface area contributed by atoms with Crippen LogP contribution in [0.2, 0.25) is 0 Å². The molecule has 1 atom stereocenters. The molecule has 0 spiro atoms. The summed E-state index contributed by atoms with van der Waals surface area (Å²) in [6.07, 6.45) is 2.06. The van der Waals surface area contributed by atoms with E-state index in [-0.39, 0.29) is 11.8 Å². The lowest BCUT2D eigenvalue weighted by atomic mass is 9.92. The Morgan fingerprint density at radius 1 is 1.32 bits per heavy atom. The second kappa shape index (κ2) is 6.48. The van der Waals surface area contributed by atoms with E-state index in [1.54, 1.807) is 26.2 Å². The molecule has 0 radical (unpaired) electrons. The predicted molar refractivity (Wildman–Crippen MR) is 84.2 cm³/mol. The van der Waals surface area contributed by atoms with Gasteiger partial charge in [0.1, 0.15) is 11.3 Å². The third-order valence-corrected chi connectivity index (χ3v) is 3.50. The maximum Gasteiger partial charge on any atom is 0.229 e. The van der Waals surface area contributed by atoms with Crippen LogP contribution in [0.4, 0.5) is 0 Å². The maximum absolute atomic E-state index is 12.6. The van der Waals surface area contributed by atoms with E-state index in [4.69, 9.17) is 9.68 Å². The molecule has 0 fully saturated rings. The van der Waals surface area contributed by atoms with Crippen molar-refractivity contribution in [3.63, 3.8) is 0 Å². The summed E-state index contributed by atoms with van der Waals surface area (Å²) in [6.45, 7) is 5.37. The van der Waals surface area contributed by atoms with Crippen molar-refractivity contribution in [1.29, 1.82) is 5.26 Å². The number of nitriles is 1. The highest BCUT2D eigenvalue weighted by Gasteiger charge is 2.27. The zero-order valence-corrected chi connectivity index (χ0v) is 13.1. The SMILES string of the molecule is Cc1ccc(C(Cc2ccco2)C(=O)NC(C)(C)C#N)cc1. The topological polar surface area (TPSA) is 66.0 Å². The van der Waals surface area contributed by atoms with E-state index < -0.39 is 5.54 Å². The zero-order chi connectivity index (χ0) is 16.2. The Balaban J connectivity index is 2.27. The van der Waals surface area contributed by atoms with Crippen LogP contribution in [0.5, 0.6) is 0 Å². The quantitative estimate of drug-likeness (QED) is 0.920. The van der Waals surface area contributed by atoms with Gasteiger partial charge >= 0.3 is 0 Å². The van der Waals surface area contributed by atoms with E-state index in [1.807, 2.05) is 37.3 Å². The van der Waals surface area contributed by atoms with Crippen LogP contribution in [0.3, 0.4) is 0 Å². The van der Waals surface area contributed by atoms with Crippen molar-refractivity contribution in [3.05, 3.63) is 59.5 Å². The van der Waals surface area contributed by atoms with Crippen LogP contribution in [0.25, 0.3) is 0 Å². The Morgan fingerprint density at radius 2 is 2.00 bits per heavy atom. The summed E-state index contributed by atoms with van der Waals surface area (Å²) in [7, 11) is 0. The first kappa shape index (κ1) is 15.8. The minimum absolute atomic E-state index is 0.174. The van der Waals surface area contributed by atoms with E-state index in [0.29, 0.717) is 6.42 Å². The molecule has 1 aromatic heterocycles. The third kappa shape index (κ3) is 3.98. The monoisotopic (exact) mass is 296 g/mol. The van der Waals surface area contributed by atoms with Crippen molar-refractivity contribution in [1.82, 2.24) is 5.32 Å². The molecule has 1 N–H and O–H groups in total. The molecule has 1 amide bonds. The number of nitrogens with zero attached hydrogens (tertiary/aromatic N) is 1. The van der Waals surface area contributed by atoms with Gasteiger partial charge in [0.2, 0.25) is 5.91 Å². The smallest absolute Gasteiger partial charge is 0.229 e. The molecule has 4 heteroatoms. The Hall–Kier alpha value is -2.54. The minimum atomic E-state index is -0.900. The van der Waals surface area contributed by atoms with Gasteiger partial charge in [0.15, 0.2) is 0 Å². The second-order valence-corrected chi connectivity index (χ2v) is 5.97. The summed E-state index contributed by atoms with van der Waals surface area (Å²) in [5, 5.41) is 11.9. The highest BCUT2D eigenvalue weighted by molar-refractivity contribution is 5.84. The highest BCUT2D eigenvalue weighted by atomic mass is 16.3. The zero-order valence-electron chi connectivity index (χ0n) is 13.1. The van der Waals surface area contributed by atoms with Gasteiger partial charge < -0.3 is 9.73 Å². The Kier molecular flexibility index (Phi) is 4.67. The molecular weight excluding hydrogens is 276 g/mol. The van der Waals surface area contributed by atoms with Crippen LogP contribution in [-0.2, 0) is 11.2 Å². The number of carbonyl (C=O) groups is 1. The second-order valence-electron chi connectivity index (χ2n) is 5.97. The fourth-order valence-corrected chi connectivity index (χ4v) is 2.21. The van der Waals surface area contributed by atoms with Gasteiger partial charge in [-0.05, 0) is 38.5 Å².